The van der Waals surface area contributed by atoms with Crippen molar-refractivity contribution in [2.75, 3.05) is 18.4 Å². The maximum Gasteiger partial charge on any atom is 0.272 e. The Bertz CT molecular complexity index is 823. The molecule has 1 amide bonds. The highest BCUT2D eigenvalue weighted by molar-refractivity contribution is 5.92. The molecule has 1 aromatic heterocycles. The zero-order valence-electron chi connectivity index (χ0n) is 17.0. The van der Waals surface area contributed by atoms with E-state index in [1.54, 1.807) is 6.07 Å². The summed E-state index contributed by atoms with van der Waals surface area (Å²) in [5, 5.41) is 3.38. The maximum absolute atomic E-state index is 12.9. The standard InChI is InChI=1S/C22H30N4O/c1-14(2)18-8-6-7-16(4)20(18)25-22-23-17(5)13-19(24-22)21(27)26-11-9-15(3)10-12-26/h6-8,13-15H,9-12H2,1-5H3,(H,23,24,25). The van der Waals surface area contributed by atoms with Gasteiger partial charge in [0.2, 0.25) is 5.95 Å². The summed E-state index contributed by atoms with van der Waals surface area (Å²) in [5.74, 6) is 1.56. The number of aryl methyl sites for hydroxylation is 2. The number of anilines is 2. The van der Waals surface area contributed by atoms with Crippen molar-refractivity contribution < 1.29 is 4.79 Å². The van der Waals surface area contributed by atoms with E-state index in [1.807, 2.05) is 11.8 Å². The van der Waals surface area contributed by atoms with Crippen molar-refractivity contribution in [2.24, 2.45) is 5.92 Å². The second-order valence-electron chi connectivity index (χ2n) is 8.01. The van der Waals surface area contributed by atoms with Crippen LogP contribution >= 0.6 is 0 Å². The molecule has 0 radical (unpaired) electrons. The molecule has 1 saturated heterocycles. The summed E-state index contributed by atoms with van der Waals surface area (Å²) in [6, 6.07) is 8.05. The molecular weight excluding hydrogens is 336 g/mol. The van der Waals surface area contributed by atoms with E-state index in [0.29, 0.717) is 23.5 Å². The molecule has 0 unspecified atom stereocenters. The highest BCUT2D eigenvalue weighted by Gasteiger charge is 2.23. The van der Waals surface area contributed by atoms with Gasteiger partial charge in [-0.2, -0.15) is 0 Å². The fraction of sp³-hybridized carbons (Fsp3) is 0.500. The molecule has 0 bridgehead atoms. The third-order valence-electron chi connectivity index (χ3n) is 5.31. The van der Waals surface area contributed by atoms with Gasteiger partial charge in [0.25, 0.3) is 5.91 Å². The van der Waals surface area contributed by atoms with Crippen LogP contribution in [0.2, 0.25) is 0 Å². The molecule has 2 aromatic rings. The summed E-state index contributed by atoms with van der Waals surface area (Å²) in [6.07, 6.45) is 2.11. The molecule has 3 rings (SSSR count). The summed E-state index contributed by atoms with van der Waals surface area (Å²) < 4.78 is 0. The highest BCUT2D eigenvalue weighted by Crippen LogP contribution is 2.29. The van der Waals surface area contributed by atoms with Crippen molar-refractivity contribution in [3.8, 4) is 0 Å². The molecule has 0 saturated carbocycles. The predicted octanol–water partition coefficient (Wildman–Crippen LogP) is 4.83. The van der Waals surface area contributed by atoms with Gasteiger partial charge >= 0.3 is 0 Å². The lowest BCUT2D eigenvalue weighted by molar-refractivity contribution is 0.0691. The average Bonchev–Trinajstić information content (AvgIpc) is 2.63. The summed E-state index contributed by atoms with van der Waals surface area (Å²) >= 11 is 0. The highest BCUT2D eigenvalue weighted by atomic mass is 16.2. The Kier molecular flexibility index (Phi) is 5.78. The van der Waals surface area contributed by atoms with Crippen LogP contribution in [0.15, 0.2) is 24.3 Å². The van der Waals surface area contributed by atoms with Gasteiger partial charge in [-0.3, -0.25) is 4.79 Å². The van der Waals surface area contributed by atoms with Crippen molar-refractivity contribution in [1.29, 1.82) is 0 Å². The van der Waals surface area contributed by atoms with Crippen molar-refractivity contribution in [3.05, 3.63) is 46.8 Å². The molecule has 2 heterocycles. The number of likely N-dealkylation sites (tertiary alicyclic amines) is 1. The molecule has 1 N–H and O–H groups in total. The molecule has 0 atom stereocenters. The van der Waals surface area contributed by atoms with E-state index in [4.69, 9.17) is 0 Å². The molecule has 1 aliphatic rings. The van der Waals surface area contributed by atoms with Crippen molar-refractivity contribution in [1.82, 2.24) is 14.9 Å². The van der Waals surface area contributed by atoms with Gasteiger partial charge < -0.3 is 10.2 Å². The first-order valence-corrected chi connectivity index (χ1v) is 9.86. The Morgan fingerprint density at radius 1 is 1.19 bits per heavy atom. The Morgan fingerprint density at radius 2 is 1.89 bits per heavy atom. The van der Waals surface area contributed by atoms with Gasteiger partial charge in [-0.15, -0.1) is 0 Å². The molecule has 5 heteroatoms. The smallest absolute Gasteiger partial charge is 0.272 e. The molecule has 1 aliphatic heterocycles. The topological polar surface area (TPSA) is 58.1 Å². The van der Waals surface area contributed by atoms with E-state index in [9.17, 15) is 4.79 Å². The number of nitrogens with one attached hydrogen (secondary N) is 1. The van der Waals surface area contributed by atoms with E-state index in [0.717, 1.165) is 42.9 Å². The van der Waals surface area contributed by atoms with Crippen LogP contribution in [-0.4, -0.2) is 33.9 Å². The number of nitrogens with zero attached hydrogens (tertiary/aromatic N) is 3. The molecule has 5 nitrogen and oxygen atoms in total. The Labute approximate surface area is 162 Å². The summed E-state index contributed by atoms with van der Waals surface area (Å²) in [6.45, 7) is 12.2. The van der Waals surface area contributed by atoms with Crippen molar-refractivity contribution in [3.63, 3.8) is 0 Å². The van der Waals surface area contributed by atoms with E-state index in [2.05, 4.69) is 61.2 Å². The fourth-order valence-corrected chi connectivity index (χ4v) is 3.56. The number of piperidine rings is 1. The summed E-state index contributed by atoms with van der Waals surface area (Å²) in [7, 11) is 0. The van der Waals surface area contributed by atoms with E-state index in [1.165, 1.54) is 5.56 Å². The van der Waals surface area contributed by atoms with Gasteiger partial charge in [0, 0.05) is 24.5 Å². The van der Waals surface area contributed by atoms with Crippen LogP contribution in [0.25, 0.3) is 0 Å². The summed E-state index contributed by atoms with van der Waals surface area (Å²) in [5.41, 5.74) is 4.66. The van der Waals surface area contributed by atoms with Crippen LogP contribution in [0, 0.1) is 19.8 Å². The minimum absolute atomic E-state index is 0.00400. The second kappa shape index (κ2) is 8.07. The lowest BCUT2D eigenvalue weighted by Gasteiger charge is -2.30. The van der Waals surface area contributed by atoms with Crippen LogP contribution < -0.4 is 5.32 Å². The first-order valence-electron chi connectivity index (χ1n) is 9.86. The Morgan fingerprint density at radius 3 is 2.56 bits per heavy atom. The molecular formula is C22H30N4O. The number of amides is 1. The molecule has 1 fully saturated rings. The monoisotopic (exact) mass is 366 g/mol. The van der Waals surface area contributed by atoms with Gasteiger partial charge in [0.05, 0.1) is 0 Å². The predicted molar refractivity (Wildman–Crippen MR) is 110 cm³/mol. The van der Waals surface area contributed by atoms with Gasteiger partial charge in [-0.1, -0.05) is 39.0 Å². The maximum atomic E-state index is 12.9. The lowest BCUT2D eigenvalue weighted by Crippen LogP contribution is -2.38. The van der Waals surface area contributed by atoms with E-state index < -0.39 is 0 Å². The van der Waals surface area contributed by atoms with E-state index in [-0.39, 0.29) is 5.91 Å². The number of aromatic nitrogens is 2. The number of carbonyl (C=O) groups excluding carboxylic acids is 1. The number of hydrogen-bond acceptors (Lipinski definition) is 4. The number of para-hydroxylation sites is 1. The minimum Gasteiger partial charge on any atom is -0.337 e. The Balaban J connectivity index is 1.87. The normalized spacial score (nSPS) is 15.3. The third-order valence-corrected chi connectivity index (χ3v) is 5.31. The van der Waals surface area contributed by atoms with Crippen LogP contribution in [0.4, 0.5) is 11.6 Å². The SMILES string of the molecule is Cc1cc(C(=O)N2CCC(C)CC2)nc(Nc2c(C)cccc2C(C)C)n1. The average molecular weight is 367 g/mol. The first-order chi connectivity index (χ1) is 12.8. The first kappa shape index (κ1) is 19.3. The van der Waals surface area contributed by atoms with Crippen LogP contribution in [0.1, 0.15) is 66.8 Å². The van der Waals surface area contributed by atoms with Crippen LogP contribution in [-0.2, 0) is 0 Å². The molecule has 0 aliphatic carbocycles. The quantitative estimate of drug-likeness (QED) is 0.842. The molecule has 27 heavy (non-hydrogen) atoms. The zero-order valence-corrected chi connectivity index (χ0v) is 17.0. The number of benzene rings is 1. The van der Waals surface area contributed by atoms with Crippen LogP contribution in [0.3, 0.4) is 0 Å². The van der Waals surface area contributed by atoms with Gasteiger partial charge in [0.1, 0.15) is 5.69 Å². The zero-order chi connectivity index (χ0) is 19.6. The summed E-state index contributed by atoms with van der Waals surface area (Å²) in [4.78, 5) is 23.9. The van der Waals surface area contributed by atoms with Gasteiger partial charge in [-0.05, 0) is 55.7 Å². The van der Waals surface area contributed by atoms with Gasteiger partial charge in [-0.25, -0.2) is 9.97 Å². The Hall–Kier alpha value is -2.43. The van der Waals surface area contributed by atoms with Crippen LogP contribution in [0.5, 0.6) is 0 Å². The number of hydrogen-bond donors (Lipinski definition) is 1. The third kappa shape index (κ3) is 4.46. The fourth-order valence-electron chi connectivity index (χ4n) is 3.56. The van der Waals surface area contributed by atoms with Crippen molar-refractivity contribution >= 4 is 17.5 Å². The number of rotatable bonds is 4. The molecule has 0 spiro atoms. The minimum atomic E-state index is 0.00400. The molecule has 1 aromatic carbocycles. The largest absolute Gasteiger partial charge is 0.337 e. The van der Waals surface area contributed by atoms with Gasteiger partial charge in [0.15, 0.2) is 0 Å². The van der Waals surface area contributed by atoms with Crippen molar-refractivity contribution in [2.45, 2.75) is 53.4 Å². The van der Waals surface area contributed by atoms with E-state index >= 15 is 0 Å². The molecule has 144 valence electrons. The second-order valence-corrected chi connectivity index (χ2v) is 8.01. The number of carbonyl (C=O) groups is 1. The lowest BCUT2D eigenvalue weighted by atomic mass is 9.98.